The van der Waals surface area contributed by atoms with Crippen molar-refractivity contribution in [2.75, 3.05) is 4.90 Å². The second-order valence-electron chi connectivity index (χ2n) is 4.81. The van der Waals surface area contributed by atoms with E-state index in [0.29, 0.717) is 18.6 Å². The lowest BCUT2D eigenvalue weighted by molar-refractivity contribution is 0.111. The first-order chi connectivity index (χ1) is 11.0. The van der Waals surface area contributed by atoms with E-state index in [0.717, 1.165) is 0 Å². The number of aldehydes is 1. The molecule has 1 atom stereocenters. The molecule has 1 unspecified atom stereocenters. The van der Waals surface area contributed by atoms with Gasteiger partial charge in [-0.3, -0.25) is 4.79 Å². The van der Waals surface area contributed by atoms with Crippen LogP contribution in [-0.2, 0) is 11.1 Å². The number of aromatic nitrogens is 2. The molecule has 0 aliphatic rings. The molecule has 0 aliphatic carbocycles. The molecule has 0 bridgehead atoms. The molecule has 8 heteroatoms. The Kier molecular flexibility index (Phi) is 8.70. The van der Waals surface area contributed by atoms with Crippen LogP contribution >= 0.6 is 30.7 Å². The van der Waals surface area contributed by atoms with Gasteiger partial charge in [-0.05, 0) is 19.4 Å². The summed E-state index contributed by atoms with van der Waals surface area (Å²) in [4.78, 5) is 21.1. The number of hydrogen-bond donors (Lipinski definition) is 0. The third kappa shape index (κ3) is 6.22. The molecule has 0 radical (unpaired) electrons. The van der Waals surface area contributed by atoms with Crippen LogP contribution in [0, 0.1) is 0 Å². The number of benzene rings is 1. The SMILES string of the molecule is CC(C)N(Cc1ccccc1)c1cnc(C=O)c(Cl)n1.O=[PH+]Cl. The maximum atomic E-state index is 10.7. The molecule has 0 saturated carbocycles. The van der Waals surface area contributed by atoms with E-state index in [-0.39, 0.29) is 16.9 Å². The first kappa shape index (κ1) is 19.5. The van der Waals surface area contributed by atoms with Crippen LogP contribution in [0.25, 0.3) is 0 Å². The summed E-state index contributed by atoms with van der Waals surface area (Å²) in [5.74, 6) is 0.666. The van der Waals surface area contributed by atoms with E-state index in [1.54, 1.807) is 6.20 Å². The van der Waals surface area contributed by atoms with Gasteiger partial charge < -0.3 is 4.90 Å². The molecule has 5 nitrogen and oxygen atoms in total. The van der Waals surface area contributed by atoms with Gasteiger partial charge in [0.25, 0.3) is 0 Å². The molecule has 0 amide bonds. The fourth-order valence-electron chi connectivity index (χ4n) is 1.89. The van der Waals surface area contributed by atoms with Crippen LogP contribution in [0.3, 0.4) is 0 Å². The van der Waals surface area contributed by atoms with Crippen LogP contribution in [0.2, 0.25) is 5.15 Å². The molecule has 2 aromatic rings. The van der Waals surface area contributed by atoms with Crippen LogP contribution in [0.15, 0.2) is 36.5 Å². The summed E-state index contributed by atoms with van der Waals surface area (Å²) in [7, 11) is -0.694. The number of carbonyl (C=O) groups is 1. The van der Waals surface area contributed by atoms with Gasteiger partial charge in [-0.2, -0.15) is 0 Å². The van der Waals surface area contributed by atoms with E-state index in [1.165, 1.54) is 5.56 Å². The van der Waals surface area contributed by atoms with Crippen LogP contribution in [0.4, 0.5) is 5.82 Å². The maximum absolute atomic E-state index is 10.7. The van der Waals surface area contributed by atoms with Crippen molar-refractivity contribution in [1.29, 1.82) is 0 Å². The van der Waals surface area contributed by atoms with Gasteiger partial charge in [0.15, 0.2) is 11.4 Å². The lowest BCUT2D eigenvalue weighted by Gasteiger charge is -2.27. The summed E-state index contributed by atoms with van der Waals surface area (Å²) in [6, 6.07) is 10.3. The first-order valence-electron chi connectivity index (χ1n) is 6.79. The second kappa shape index (κ2) is 10.3. The third-order valence-electron chi connectivity index (χ3n) is 2.97. The Labute approximate surface area is 146 Å². The lowest BCUT2D eigenvalue weighted by Crippen LogP contribution is -2.31. The highest BCUT2D eigenvalue weighted by atomic mass is 35.7. The molecule has 0 fully saturated rings. The van der Waals surface area contributed by atoms with Gasteiger partial charge in [0, 0.05) is 12.6 Å². The molecule has 0 spiro atoms. The number of hydrogen-bond acceptors (Lipinski definition) is 5. The topological polar surface area (TPSA) is 63.2 Å². The summed E-state index contributed by atoms with van der Waals surface area (Å²) in [5, 5.41) is 0.135. The minimum atomic E-state index is -0.694. The van der Waals surface area contributed by atoms with E-state index in [4.69, 9.17) is 16.2 Å². The van der Waals surface area contributed by atoms with Crippen molar-refractivity contribution in [2.45, 2.75) is 26.4 Å². The average Bonchev–Trinajstić information content (AvgIpc) is 2.54. The Hall–Kier alpha value is -1.55. The molecule has 1 heterocycles. The monoisotopic (exact) mass is 372 g/mol. The summed E-state index contributed by atoms with van der Waals surface area (Å²) in [6.45, 7) is 4.86. The molecule has 1 aromatic heterocycles. The van der Waals surface area contributed by atoms with Crippen molar-refractivity contribution in [1.82, 2.24) is 9.97 Å². The van der Waals surface area contributed by atoms with Crippen LogP contribution < -0.4 is 4.90 Å². The zero-order valence-electron chi connectivity index (χ0n) is 12.7. The van der Waals surface area contributed by atoms with Gasteiger partial charge in [0.05, 0.1) is 6.20 Å². The molecule has 1 aromatic carbocycles. The highest BCUT2D eigenvalue weighted by molar-refractivity contribution is 7.57. The average molecular weight is 373 g/mol. The van der Waals surface area contributed by atoms with E-state index in [1.807, 2.05) is 18.2 Å². The number of nitrogens with zero attached hydrogens (tertiary/aromatic N) is 3. The van der Waals surface area contributed by atoms with Gasteiger partial charge in [-0.1, -0.05) is 46.5 Å². The Balaban J connectivity index is 0.000000816. The van der Waals surface area contributed by atoms with E-state index in [2.05, 4.69) is 52.1 Å². The number of carbonyl (C=O) groups excluding carboxylic acids is 1. The zero-order valence-corrected chi connectivity index (χ0v) is 15.3. The number of halogens is 2. The second-order valence-corrected chi connectivity index (χ2v) is 5.78. The van der Waals surface area contributed by atoms with Crippen LogP contribution in [-0.4, -0.2) is 22.3 Å². The predicted molar refractivity (Wildman–Crippen MR) is 95.0 cm³/mol. The van der Waals surface area contributed by atoms with Crippen molar-refractivity contribution in [3.05, 3.63) is 52.9 Å². The van der Waals surface area contributed by atoms with Crippen molar-refractivity contribution in [3.8, 4) is 0 Å². The van der Waals surface area contributed by atoms with Crippen molar-refractivity contribution < 1.29 is 9.36 Å². The molecular formula is C15H17Cl2N3O2P+. The van der Waals surface area contributed by atoms with Gasteiger partial charge in [0.1, 0.15) is 11.5 Å². The molecular weight excluding hydrogens is 356 g/mol. The van der Waals surface area contributed by atoms with Gasteiger partial charge in [-0.15, -0.1) is 0 Å². The fraction of sp³-hybridized carbons (Fsp3) is 0.267. The quantitative estimate of drug-likeness (QED) is 0.570. The zero-order chi connectivity index (χ0) is 17.2. The Morgan fingerprint density at radius 2 is 1.91 bits per heavy atom. The van der Waals surface area contributed by atoms with E-state index < -0.39 is 7.81 Å². The molecule has 0 aliphatic heterocycles. The minimum absolute atomic E-state index is 0.135. The lowest BCUT2D eigenvalue weighted by atomic mass is 10.2. The van der Waals surface area contributed by atoms with Crippen LogP contribution in [0.1, 0.15) is 29.9 Å². The number of rotatable bonds is 5. The highest BCUT2D eigenvalue weighted by Gasteiger charge is 2.15. The largest absolute Gasteiger partial charge is 0.441 e. The molecule has 0 N–H and O–H groups in total. The fourth-order valence-corrected chi connectivity index (χ4v) is 2.07. The number of anilines is 1. The van der Waals surface area contributed by atoms with Gasteiger partial charge in [0.2, 0.25) is 11.2 Å². The predicted octanol–water partition coefficient (Wildman–Crippen LogP) is 4.52. The minimum Gasteiger partial charge on any atom is -0.349 e. The maximum Gasteiger partial charge on any atom is 0.441 e. The van der Waals surface area contributed by atoms with Crippen molar-refractivity contribution in [3.63, 3.8) is 0 Å². The Morgan fingerprint density at radius 3 is 2.39 bits per heavy atom. The molecule has 0 saturated heterocycles. The Bertz CT molecular complexity index is 642. The third-order valence-corrected chi connectivity index (χ3v) is 3.25. The summed E-state index contributed by atoms with van der Waals surface area (Å²) < 4.78 is 8.72. The van der Waals surface area contributed by atoms with E-state index >= 15 is 0 Å². The molecule has 23 heavy (non-hydrogen) atoms. The van der Waals surface area contributed by atoms with Crippen LogP contribution in [0.5, 0.6) is 0 Å². The summed E-state index contributed by atoms with van der Waals surface area (Å²) >= 11 is 10.4. The molecule has 122 valence electrons. The smallest absolute Gasteiger partial charge is 0.349 e. The van der Waals surface area contributed by atoms with Gasteiger partial charge in [-0.25, -0.2) is 9.97 Å². The summed E-state index contributed by atoms with van der Waals surface area (Å²) in [5.41, 5.74) is 1.34. The van der Waals surface area contributed by atoms with Crippen molar-refractivity contribution in [2.24, 2.45) is 0 Å². The standard InChI is InChI=1S/C15H16ClN3O.ClOP/c1-11(2)19(9-12-6-4-3-5-7-12)14-8-17-13(10-20)15(16)18-14;1-3-2/h3-8,10-11H,9H2,1-2H3;/p+1. The highest BCUT2D eigenvalue weighted by Crippen LogP contribution is 2.20. The van der Waals surface area contributed by atoms with Crippen molar-refractivity contribution >= 4 is 42.8 Å². The Morgan fingerprint density at radius 1 is 1.30 bits per heavy atom. The first-order valence-corrected chi connectivity index (χ1v) is 9.09. The molecule has 2 rings (SSSR count). The van der Waals surface area contributed by atoms with Gasteiger partial charge >= 0.3 is 7.81 Å². The van der Waals surface area contributed by atoms with E-state index in [9.17, 15) is 4.79 Å². The normalized spacial score (nSPS) is 10.1. The summed E-state index contributed by atoms with van der Waals surface area (Å²) in [6.07, 6.45) is 2.19.